The summed E-state index contributed by atoms with van der Waals surface area (Å²) < 4.78 is 1.59. The molecule has 1 aromatic heterocycles. The lowest BCUT2D eigenvalue weighted by Crippen LogP contribution is -2.32. The maximum Gasteiger partial charge on any atom is 0.309 e. The fourth-order valence-electron chi connectivity index (χ4n) is 2.03. The SMILES string of the molecule is Cc1c(C(=O)NCCC(C)(C)C(=O)O)nnn1-c1ccccc1. The summed E-state index contributed by atoms with van der Waals surface area (Å²) in [5.41, 5.74) is 0.806. The maximum atomic E-state index is 12.2. The summed E-state index contributed by atoms with van der Waals surface area (Å²) in [6, 6.07) is 9.40. The molecule has 7 nitrogen and oxygen atoms in total. The zero-order valence-corrected chi connectivity index (χ0v) is 13.4. The Morgan fingerprint density at radius 3 is 2.52 bits per heavy atom. The first-order valence-electron chi connectivity index (χ1n) is 7.32. The lowest BCUT2D eigenvalue weighted by molar-refractivity contribution is -0.147. The fourth-order valence-corrected chi connectivity index (χ4v) is 2.03. The lowest BCUT2D eigenvalue weighted by Gasteiger charge is -2.18. The lowest BCUT2D eigenvalue weighted by atomic mass is 9.90. The second kappa shape index (κ2) is 6.60. The predicted molar refractivity (Wildman–Crippen MR) is 84.5 cm³/mol. The molecule has 2 rings (SSSR count). The van der Waals surface area contributed by atoms with Gasteiger partial charge in [-0.25, -0.2) is 4.68 Å². The number of para-hydroxylation sites is 1. The average molecular weight is 316 g/mol. The van der Waals surface area contributed by atoms with Gasteiger partial charge in [-0.05, 0) is 39.3 Å². The second-order valence-corrected chi connectivity index (χ2v) is 5.97. The molecule has 0 unspecified atom stereocenters. The van der Waals surface area contributed by atoms with Crippen LogP contribution in [-0.4, -0.2) is 38.5 Å². The van der Waals surface area contributed by atoms with E-state index in [1.54, 1.807) is 25.5 Å². The maximum absolute atomic E-state index is 12.2. The van der Waals surface area contributed by atoms with Gasteiger partial charge >= 0.3 is 5.97 Å². The first-order chi connectivity index (χ1) is 10.8. The topological polar surface area (TPSA) is 97.1 Å². The Morgan fingerprint density at radius 2 is 1.91 bits per heavy atom. The van der Waals surface area contributed by atoms with Gasteiger partial charge in [-0.15, -0.1) is 5.10 Å². The van der Waals surface area contributed by atoms with Crippen molar-refractivity contribution < 1.29 is 14.7 Å². The third kappa shape index (κ3) is 3.74. The summed E-state index contributed by atoms with van der Waals surface area (Å²) in [7, 11) is 0. The largest absolute Gasteiger partial charge is 0.481 e. The van der Waals surface area contributed by atoms with Crippen LogP contribution in [0.25, 0.3) is 5.69 Å². The van der Waals surface area contributed by atoms with Crippen molar-refractivity contribution in [3.05, 3.63) is 41.7 Å². The number of carbonyl (C=O) groups excluding carboxylic acids is 1. The van der Waals surface area contributed by atoms with E-state index in [4.69, 9.17) is 5.11 Å². The molecule has 0 fully saturated rings. The van der Waals surface area contributed by atoms with Crippen molar-refractivity contribution in [3.8, 4) is 5.69 Å². The van der Waals surface area contributed by atoms with Gasteiger partial charge in [0.25, 0.3) is 5.91 Å². The predicted octanol–water partition coefficient (Wildman–Crippen LogP) is 1.81. The zero-order valence-electron chi connectivity index (χ0n) is 13.4. The van der Waals surface area contributed by atoms with Crippen molar-refractivity contribution in [1.29, 1.82) is 0 Å². The van der Waals surface area contributed by atoms with Gasteiger partial charge in [0, 0.05) is 6.54 Å². The number of nitrogens with zero attached hydrogens (tertiary/aromatic N) is 3. The highest BCUT2D eigenvalue weighted by molar-refractivity contribution is 5.93. The minimum absolute atomic E-state index is 0.238. The van der Waals surface area contributed by atoms with Crippen LogP contribution >= 0.6 is 0 Å². The summed E-state index contributed by atoms with van der Waals surface area (Å²) in [5.74, 6) is -1.25. The Bertz CT molecular complexity index is 707. The number of carbonyl (C=O) groups is 2. The standard InChI is InChI=1S/C16H20N4O3/c1-11-13(14(21)17-10-9-16(2,3)15(22)23)18-19-20(11)12-7-5-4-6-8-12/h4-8H,9-10H2,1-3H3,(H,17,21)(H,22,23). The smallest absolute Gasteiger partial charge is 0.309 e. The van der Waals surface area contributed by atoms with Crippen LogP contribution in [-0.2, 0) is 4.79 Å². The molecule has 7 heteroatoms. The van der Waals surface area contributed by atoms with Crippen LogP contribution in [0.15, 0.2) is 30.3 Å². The number of nitrogens with one attached hydrogen (secondary N) is 1. The molecule has 1 heterocycles. The van der Waals surface area contributed by atoms with Crippen molar-refractivity contribution in [3.63, 3.8) is 0 Å². The van der Waals surface area contributed by atoms with Crippen molar-refractivity contribution in [2.24, 2.45) is 5.41 Å². The Kier molecular flexibility index (Phi) is 4.78. The van der Waals surface area contributed by atoms with Crippen molar-refractivity contribution in [2.45, 2.75) is 27.2 Å². The molecule has 0 aliphatic heterocycles. The molecule has 0 aliphatic carbocycles. The fraction of sp³-hybridized carbons (Fsp3) is 0.375. The number of carboxylic acids is 1. The summed E-state index contributed by atoms with van der Waals surface area (Å²) in [5, 5.41) is 19.7. The number of hydrogen-bond acceptors (Lipinski definition) is 4. The number of rotatable bonds is 6. The highest BCUT2D eigenvalue weighted by atomic mass is 16.4. The molecule has 0 atom stereocenters. The minimum Gasteiger partial charge on any atom is -0.481 e. The monoisotopic (exact) mass is 316 g/mol. The molecule has 0 saturated heterocycles. The van der Waals surface area contributed by atoms with Crippen LogP contribution in [0.4, 0.5) is 0 Å². The Balaban J connectivity index is 2.04. The first-order valence-corrected chi connectivity index (χ1v) is 7.32. The summed E-state index contributed by atoms with van der Waals surface area (Å²) in [6.45, 7) is 5.27. The Morgan fingerprint density at radius 1 is 1.26 bits per heavy atom. The van der Waals surface area contributed by atoms with E-state index in [2.05, 4.69) is 15.6 Å². The van der Waals surface area contributed by atoms with E-state index < -0.39 is 11.4 Å². The van der Waals surface area contributed by atoms with E-state index in [1.807, 2.05) is 30.3 Å². The van der Waals surface area contributed by atoms with E-state index in [0.717, 1.165) is 5.69 Å². The number of amides is 1. The summed E-state index contributed by atoms with van der Waals surface area (Å²) >= 11 is 0. The van der Waals surface area contributed by atoms with Gasteiger partial charge in [0.15, 0.2) is 5.69 Å². The van der Waals surface area contributed by atoms with E-state index in [1.165, 1.54) is 0 Å². The summed E-state index contributed by atoms with van der Waals surface area (Å²) in [4.78, 5) is 23.2. The number of benzene rings is 1. The van der Waals surface area contributed by atoms with Gasteiger partial charge in [-0.3, -0.25) is 9.59 Å². The molecule has 1 aromatic carbocycles. The molecule has 23 heavy (non-hydrogen) atoms. The normalized spacial score (nSPS) is 11.3. The summed E-state index contributed by atoms with van der Waals surface area (Å²) in [6.07, 6.45) is 0.333. The van der Waals surface area contributed by atoms with Gasteiger partial charge in [0.1, 0.15) is 0 Å². The average Bonchev–Trinajstić information content (AvgIpc) is 2.89. The van der Waals surface area contributed by atoms with Gasteiger partial charge in [0.2, 0.25) is 0 Å². The van der Waals surface area contributed by atoms with Crippen LogP contribution in [0.3, 0.4) is 0 Å². The van der Waals surface area contributed by atoms with Crippen molar-refractivity contribution in [1.82, 2.24) is 20.3 Å². The molecular formula is C16H20N4O3. The number of aromatic nitrogens is 3. The van der Waals surface area contributed by atoms with Gasteiger partial charge < -0.3 is 10.4 Å². The third-order valence-electron chi connectivity index (χ3n) is 3.72. The highest BCUT2D eigenvalue weighted by Crippen LogP contribution is 2.19. The zero-order chi connectivity index (χ0) is 17.0. The van der Waals surface area contributed by atoms with E-state index in [-0.39, 0.29) is 18.1 Å². The third-order valence-corrected chi connectivity index (χ3v) is 3.72. The molecule has 2 aromatic rings. The minimum atomic E-state index is -0.891. The van der Waals surface area contributed by atoms with E-state index in [9.17, 15) is 9.59 Å². The van der Waals surface area contributed by atoms with Crippen LogP contribution in [0.5, 0.6) is 0 Å². The Labute approximate surface area is 134 Å². The van der Waals surface area contributed by atoms with Crippen LogP contribution in [0.2, 0.25) is 0 Å². The first kappa shape index (κ1) is 16.7. The molecule has 0 radical (unpaired) electrons. The molecule has 0 saturated carbocycles. The molecule has 0 bridgehead atoms. The number of hydrogen-bond donors (Lipinski definition) is 2. The highest BCUT2D eigenvalue weighted by Gasteiger charge is 2.27. The Hall–Kier alpha value is -2.70. The molecule has 0 aliphatic rings. The van der Waals surface area contributed by atoms with Crippen LogP contribution in [0.1, 0.15) is 36.5 Å². The molecule has 1 amide bonds. The quantitative estimate of drug-likeness (QED) is 0.847. The second-order valence-electron chi connectivity index (χ2n) is 5.97. The van der Waals surface area contributed by atoms with E-state index >= 15 is 0 Å². The molecule has 0 spiro atoms. The van der Waals surface area contributed by atoms with Crippen molar-refractivity contribution >= 4 is 11.9 Å². The molecular weight excluding hydrogens is 296 g/mol. The van der Waals surface area contributed by atoms with E-state index in [0.29, 0.717) is 12.1 Å². The number of aliphatic carboxylic acids is 1. The van der Waals surface area contributed by atoms with Gasteiger partial charge in [0.05, 0.1) is 16.8 Å². The van der Waals surface area contributed by atoms with Gasteiger partial charge in [-0.2, -0.15) is 0 Å². The van der Waals surface area contributed by atoms with Gasteiger partial charge in [-0.1, -0.05) is 23.4 Å². The molecule has 2 N–H and O–H groups in total. The number of carboxylic acid groups (broad SMARTS) is 1. The van der Waals surface area contributed by atoms with Crippen molar-refractivity contribution in [2.75, 3.05) is 6.54 Å². The molecule has 122 valence electrons. The van der Waals surface area contributed by atoms with Crippen LogP contribution < -0.4 is 5.32 Å². The van der Waals surface area contributed by atoms with Crippen LogP contribution in [0, 0.1) is 12.3 Å².